The predicted molar refractivity (Wildman–Crippen MR) is 130 cm³/mol. The summed E-state index contributed by atoms with van der Waals surface area (Å²) in [5, 5.41) is 4.76. The molecule has 0 fully saturated rings. The van der Waals surface area contributed by atoms with Crippen molar-refractivity contribution in [2.24, 2.45) is 7.05 Å². The van der Waals surface area contributed by atoms with E-state index in [1.54, 1.807) is 19.4 Å². The Morgan fingerprint density at radius 3 is 2.73 bits per heavy atom. The Bertz CT molecular complexity index is 1360. The maximum absolute atomic E-state index is 12.4. The maximum atomic E-state index is 12.4. The van der Waals surface area contributed by atoms with Crippen LogP contribution in [-0.4, -0.2) is 32.7 Å². The van der Waals surface area contributed by atoms with Gasteiger partial charge in [-0.3, -0.25) is 19.3 Å². The third kappa shape index (κ3) is 4.31. The summed E-state index contributed by atoms with van der Waals surface area (Å²) in [6.45, 7) is 3.08. The molecule has 33 heavy (non-hydrogen) atoms. The van der Waals surface area contributed by atoms with Crippen LogP contribution in [0.4, 0.5) is 5.69 Å². The van der Waals surface area contributed by atoms with Crippen molar-refractivity contribution >= 4 is 16.6 Å². The Hall–Kier alpha value is -3.74. The lowest BCUT2D eigenvalue weighted by Gasteiger charge is -2.22. The molecule has 3 aromatic heterocycles. The zero-order valence-corrected chi connectivity index (χ0v) is 19.0. The highest BCUT2D eigenvalue weighted by Gasteiger charge is 2.18. The molecule has 0 saturated carbocycles. The Labute approximate surface area is 192 Å². The number of anilines is 1. The van der Waals surface area contributed by atoms with Crippen LogP contribution in [0.2, 0.25) is 0 Å². The standard InChI is InChI=1S/C26H27N5O2/c1-17-7-8-22-20(15-17)25(19-5-3-4-6-21(19)29-22)28-13-14-33-26-30-23(16-24(32)31(26)2)18-9-11-27-12-10-18/h7-12,15-16H,3-6,13-14H2,1-2H3,(H,28,29). The fraction of sp³-hybridized carbons (Fsp3) is 0.308. The van der Waals surface area contributed by atoms with Crippen LogP contribution >= 0.6 is 0 Å². The van der Waals surface area contributed by atoms with Crippen LogP contribution in [-0.2, 0) is 19.9 Å². The van der Waals surface area contributed by atoms with Crippen molar-refractivity contribution < 1.29 is 4.74 Å². The number of benzene rings is 1. The number of fused-ring (bicyclic) bond motifs is 2. The zero-order valence-electron chi connectivity index (χ0n) is 19.0. The number of aryl methyl sites for hydroxylation is 2. The summed E-state index contributed by atoms with van der Waals surface area (Å²) in [5.74, 6) is 0. The summed E-state index contributed by atoms with van der Waals surface area (Å²) in [7, 11) is 1.67. The minimum Gasteiger partial charge on any atom is -0.463 e. The molecule has 7 nitrogen and oxygen atoms in total. The van der Waals surface area contributed by atoms with E-state index in [2.05, 4.69) is 40.4 Å². The summed E-state index contributed by atoms with van der Waals surface area (Å²) in [6.07, 6.45) is 7.80. The van der Waals surface area contributed by atoms with Crippen LogP contribution in [0.3, 0.4) is 0 Å². The predicted octanol–water partition coefficient (Wildman–Crippen LogP) is 4.07. The van der Waals surface area contributed by atoms with Gasteiger partial charge in [-0.05, 0) is 62.4 Å². The van der Waals surface area contributed by atoms with E-state index in [1.165, 1.54) is 40.3 Å². The molecule has 5 rings (SSSR count). The molecule has 0 spiro atoms. The van der Waals surface area contributed by atoms with E-state index in [9.17, 15) is 4.79 Å². The summed E-state index contributed by atoms with van der Waals surface area (Å²) in [5.41, 5.74) is 7.17. The van der Waals surface area contributed by atoms with Gasteiger partial charge in [-0.1, -0.05) is 11.6 Å². The molecule has 1 aromatic carbocycles. The van der Waals surface area contributed by atoms with Gasteiger partial charge in [0.05, 0.1) is 11.2 Å². The molecule has 0 unspecified atom stereocenters. The van der Waals surface area contributed by atoms with Crippen molar-refractivity contribution in [3.05, 3.63) is 76.0 Å². The average Bonchev–Trinajstić information content (AvgIpc) is 2.84. The molecule has 0 atom stereocenters. The molecule has 0 saturated heterocycles. The fourth-order valence-corrected chi connectivity index (χ4v) is 4.38. The minimum absolute atomic E-state index is 0.163. The smallest absolute Gasteiger partial charge is 0.299 e. The van der Waals surface area contributed by atoms with Gasteiger partial charge in [-0.2, -0.15) is 4.98 Å². The average molecular weight is 442 g/mol. The van der Waals surface area contributed by atoms with E-state index in [1.807, 2.05) is 12.1 Å². The molecule has 0 radical (unpaired) electrons. The number of nitrogens with zero attached hydrogens (tertiary/aromatic N) is 4. The highest BCUT2D eigenvalue weighted by atomic mass is 16.5. The third-order valence-electron chi connectivity index (χ3n) is 6.12. The Kier molecular flexibility index (Phi) is 5.77. The minimum atomic E-state index is -0.163. The summed E-state index contributed by atoms with van der Waals surface area (Å²) < 4.78 is 7.37. The van der Waals surface area contributed by atoms with Crippen molar-refractivity contribution in [1.82, 2.24) is 19.5 Å². The van der Waals surface area contributed by atoms with Crippen LogP contribution in [0.5, 0.6) is 6.01 Å². The normalized spacial score (nSPS) is 13.0. The van der Waals surface area contributed by atoms with Gasteiger partial charge >= 0.3 is 0 Å². The lowest BCUT2D eigenvalue weighted by atomic mass is 9.92. The Balaban J connectivity index is 1.36. The molecular formula is C26H27N5O2. The van der Waals surface area contributed by atoms with E-state index in [0.717, 1.165) is 35.0 Å². The number of ether oxygens (including phenoxy) is 1. The molecule has 4 aromatic rings. The number of pyridine rings is 2. The van der Waals surface area contributed by atoms with E-state index in [4.69, 9.17) is 9.72 Å². The number of rotatable bonds is 6. The van der Waals surface area contributed by atoms with Crippen molar-refractivity contribution in [1.29, 1.82) is 0 Å². The first-order valence-electron chi connectivity index (χ1n) is 11.4. The van der Waals surface area contributed by atoms with Crippen molar-refractivity contribution in [3.8, 4) is 17.3 Å². The van der Waals surface area contributed by atoms with Crippen molar-refractivity contribution in [2.75, 3.05) is 18.5 Å². The molecule has 1 N–H and O–H groups in total. The number of aromatic nitrogens is 4. The molecule has 0 amide bonds. The van der Waals surface area contributed by atoms with Crippen LogP contribution in [0, 0.1) is 6.92 Å². The first kappa shape index (κ1) is 21.1. The Morgan fingerprint density at radius 1 is 1.06 bits per heavy atom. The molecule has 3 heterocycles. The SMILES string of the molecule is Cc1ccc2nc3c(c(NCCOc4nc(-c5ccncc5)cc(=O)n4C)c2c1)CCCC3. The van der Waals surface area contributed by atoms with Gasteiger partial charge in [-0.25, -0.2) is 0 Å². The lowest BCUT2D eigenvalue weighted by Crippen LogP contribution is -2.22. The van der Waals surface area contributed by atoms with E-state index in [0.29, 0.717) is 24.9 Å². The molecule has 168 valence electrons. The summed E-state index contributed by atoms with van der Waals surface area (Å²) in [4.78, 5) is 25.9. The molecule has 7 heteroatoms. The van der Waals surface area contributed by atoms with Gasteiger partial charge in [0.1, 0.15) is 6.61 Å². The quantitative estimate of drug-likeness (QED) is 0.454. The highest BCUT2D eigenvalue weighted by Crippen LogP contribution is 2.33. The number of nitrogens with one attached hydrogen (secondary N) is 1. The summed E-state index contributed by atoms with van der Waals surface area (Å²) in [6, 6.07) is 11.9. The lowest BCUT2D eigenvalue weighted by molar-refractivity contribution is 0.290. The first-order valence-corrected chi connectivity index (χ1v) is 11.4. The molecule has 0 aliphatic heterocycles. The van der Waals surface area contributed by atoms with E-state index < -0.39 is 0 Å². The second-order valence-corrected chi connectivity index (χ2v) is 8.47. The highest BCUT2D eigenvalue weighted by molar-refractivity contribution is 5.94. The van der Waals surface area contributed by atoms with Crippen molar-refractivity contribution in [2.45, 2.75) is 32.6 Å². The van der Waals surface area contributed by atoms with Crippen LogP contribution < -0.4 is 15.6 Å². The van der Waals surface area contributed by atoms with Gasteiger partial charge < -0.3 is 10.1 Å². The monoisotopic (exact) mass is 441 g/mol. The van der Waals surface area contributed by atoms with Gasteiger partial charge in [0.2, 0.25) is 0 Å². The number of hydrogen-bond donors (Lipinski definition) is 1. The second kappa shape index (κ2) is 9.02. The fourth-order valence-electron chi connectivity index (χ4n) is 4.38. The van der Waals surface area contributed by atoms with Gasteiger partial charge in [0.15, 0.2) is 0 Å². The maximum Gasteiger partial charge on any atom is 0.299 e. The van der Waals surface area contributed by atoms with Crippen LogP contribution in [0.15, 0.2) is 53.6 Å². The number of hydrogen-bond acceptors (Lipinski definition) is 6. The van der Waals surface area contributed by atoms with Gasteiger partial charge in [0.25, 0.3) is 11.6 Å². The third-order valence-corrected chi connectivity index (χ3v) is 6.12. The van der Waals surface area contributed by atoms with E-state index in [-0.39, 0.29) is 5.56 Å². The second-order valence-electron chi connectivity index (χ2n) is 8.47. The topological polar surface area (TPSA) is 81.9 Å². The molecular weight excluding hydrogens is 414 g/mol. The van der Waals surface area contributed by atoms with Crippen molar-refractivity contribution in [3.63, 3.8) is 0 Å². The largest absolute Gasteiger partial charge is 0.463 e. The molecule has 0 bridgehead atoms. The van der Waals surface area contributed by atoms with Crippen LogP contribution in [0.1, 0.15) is 29.7 Å². The molecule has 1 aliphatic carbocycles. The molecule has 1 aliphatic rings. The first-order chi connectivity index (χ1) is 16.1. The summed E-state index contributed by atoms with van der Waals surface area (Å²) >= 11 is 0. The Morgan fingerprint density at radius 2 is 1.88 bits per heavy atom. The van der Waals surface area contributed by atoms with Gasteiger partial charge in [0, 0.05) is 54.4 Å². The van der Waals surface area contributed by atoms with Crippen LogP contribution in [0.25, 0.3) is 22.2 Å². The van der Waals surface area contributed by atoms with E-state index >= 15 is 0 Å². The zero-order chi connectivity index (χ0) is 22.8. The van der Waals surface area contributed by atoms with Gasteiger partial charge in [-0.15, -0.1) is 0 Å².